The third kappa shape index (κ3) is 5.80. The number of ether oxygens (including phenoxy) is 5. The Morgan fingerprint density at radius 3 is 1.94 bits per heavy atom. The van der Waals surface area contributed by atoms with Gasteiger partial charge in [-0.3, -0.25) is 4.79 Å². The summed E-state index contributed by atoms with van der Waals surface area (Å²) in [6.45, 7) is 1.21. The van der Waals surface area contributed by atoms with Gasteiger partial charge in [-0.05, 0) is 48.9 Å². The SMILES string of the molecule is CCOC(=O)CN(Cc1cc(OC)c(OC)c(OC)c1)S(=O)(=O)c1ccc(OC)cc1. The fraction of sp³-hybridized carbons (Fsp3) is 0.381. The summed E-state index contributed by atoms with van der Waals surface area (Å²) in [5.74, 6) is 0.973. The van der Waals surface area contributed by atoms with Gasteiger partial charge in [0.1, 0.15) is 12.3 Å². The molecule has 0 atom stereocenters. The highest BCUT2D eigenvalue weighted by atomic mass is 32.2. The highest BCUT2D eigenvalue weighted by molar-refractivity contribution is 7.89. The fourth-order valence-electron chi connectivity index (χ4n) is 2.90. The van der Waals surface area contributed by atoms with Gasteiger partial charge in [0.15, 0.2) is 11.5 Å². The molecule has 170 valence electrons. The summed E-state index contributed by atoms with van der Waals surface area (Å²) >= 11 is 0. The van der Waals surface area contributed by atoms with Crippen LogP contribution in [0.15, 0.2) is 41.3 Å². The fourth-order valence-corrected chi connectivity index (χ4v) is 4.28. The average molecular weight is 454 g/mol. The van der Waals surface area contributed by atoms with E-state index in [2.05, 4.69) is 0 Å². The molecule has 0 radical (unpaired) electrons. The summed E-state index contributed by atoms with van der Waals surface area (Å²) in [4.78, 5) is 12.2. The van der Waals surface area contributed by atoms with Gasteiger partial charge in [-0.25, -0.2) is 8.42 Å². The van der Waals surface area contributed by atoms with Crippen molar-refractivity contribution in [1.29, 1.82) is 0 Å². The molecule has 9 nitrogen and oxygen atoms in total. The second-order valence-corrected chi connectivity index (χ2v) is 8.23. The minimum Gasteiger partial charge on any atom is -0.497 e. The van der Waals surface area contributed by atoms with Crippen LogP contribution >= 0.6 is 0 Å². The van der Waals surface area contributed by atoms with Gasteiger partial charge >= 0.3 is 5.97 Å². The summed E-state index contributed by atoms with van der Waals surface area (Å²) in [6, 6.07) is 9.17. The summed E-state index contributed by atoms with van der Waals surface area (Å²) in [5, 5.41) is 0. The molecule has 2 rings (SSSR count). The average Bonchev–Trinajstić information content (AvgIpc) is 2.77. The Labute approximate surface area is 182 Å². The minimum atomic E-state index is -4.03. The Morgan fingerprint density at radius 1 is 0.903 bits per heavy atom. The molecule has 0 unspecified atom stereocenters. The second kappa shape index (κ2) is 10.9. The standard InChI is InChI=1S/C21H27NO8S/c1-6-30-20(23)14-22(31(24,25)17-9-7-16(26-2)8-10-17)13-15-11-18(27-3)21(29-5)19(12-15)28-4/h7-12H,6,13-14H2,1-5H3. The van der Waals surface area contributed by atoms with Gasteiger partial charge in [0.2, 0.25) is 15.8 Å². The van der Waals surface area contributed by atoms with E-state index in [9.17, 15) is 13.2 Å². The highest BCUT2D eigenvalue weighted by Crippen LogP contribution is 2.38. The van der Waals surface area contributed by atoms with Gasteiger partial charge in [-0.1, -0.05) is 0 Å². The molecule has 0 aliphatic carbocycles. The van der Waals surface area contributed by atoms with Gasteiger partial charge in [-0.15, -0.1) is 0 Å². The number of esters is 1. The van der Waals surface area contributed by atoms with Crippen LogP contribution in [0.2, 0.25) is 0 Å². The first kappa shape index (κ1) is 24.3. The van der Waals surface area contributed by atoms with Crippen LogP contribution in [-0.4, -0.2) is 60.3 Å². The first-order valence-electron chi connectivity index (χ1n) is 9.39. The number of hydrogen-bond acceptors (Lipinski definition) is 8. The zero-order valence-corrected chi connectivity index (χ0v) is 19.0. The molecule has 2 aromatic rings. The van der Waals surface area contributed by atoms with Gasteiger partial charge in [0, 0.05) is 6.54 Å². The van der Waals surface area contributed by atoms with Crippen molar-refractivity contribution in [3.05, 3.63) is 42.0 Å². The molecular weight excluding hydrogens is 426 g/mol. The van der Waals surface area contributed by atoms with Crippen molar-refractivity contribution in [2.75, 3.05) is 41.6 Å². The molecule has 0 aliphatic rings. The molecule has 10 heteroatoms. The molecule has 31 heavy (non-hydrogen) atoms. The van der Waals surface area contributed by atoms with E-state index in [0.717, 1.165) is 4.31 Å². The Bertz CT molecular complexity index is 964. The van der Waals surface area contributed by atoms with Crippen LogP contribution in [-0.2, 0) is 26.1 Å². The minimum absolute atomic E-state index is 0.0186. The van der Waals surface area contributed by atoms with E-state index in [1.165, 1.54) is 52.7 Å². The lowest BCUT2D eigenvalue weighted by molar-refractivity contribution is -0.143. The molecule has 0 heterocycles. The third-order valence-electron chi connectivity index (χ3n) is 4.39. The maximum atomic E-state index is 13.3. The van der Waals surface area contributed by atoms with Crippen LogP contribution in [0.25, 0.3) is 0 Å². The predicted octanol–water partition coefficient (Wildman–Crippen LogP) is 2.48. The van der Waals surface area contributed by atoms with Crippen LogP contribution in [0.4, 0.5) is 0 Å². The Balaban J connectivity index is 2.47. The summed E-state index contributed by atoms with van der Waals surface area (Å²) < 4.78 is 53.7. The molecule has 0 aliphatic heterocycles. The normalized spacial score (nSPS) is 11.2. The van der Waals surface area contributed by atoms with E-state index in [4.69, 9.17) is 23.7 Å². The molecular formula is C21H27NO8S. The molecule has 0 amide bonds. The molecule has 0 bridgehead atoms. The van der Waals surface area contributed by atoms with Crippen molar-refractivity contribution in [3.63, 3.8) is 0 Å². The topological polar surface area (TPSA) is 101 Å². The smallest absolute Gasteiger partial charge is 0.321 e. The van der Waals surface area contributed by atoms with Gasteiger partial charge in [0.25, 0.3) is 0 Å². The maximum absolute atomic E-state index is 13.3. The van der Waals surface area contributed by atoms with Crippen molar-refractivity contribution >= 4 is 16.0 Å². The van der Waals surface area contributed by atoms with Gasteiger partial charge in [-0.2, -0.15) is 4.31 Å². The molecule has 0 saturated heterocycles. The lowest BCUT2D eigenvalue weighted by atomic mass is 10.1. The number of carbonyl (C=O) groups is 1. The summed E-state index contributed by atoms with van der Waals surface area (Å²) in [6.07, 6.45) is 0. The summed E-state index contributed by atoms with van der Waals surface area (Å²) in [7, 11) is 1.86. The number of carbonyl (C=O) groups excluding carboxylic acids is 1. The number of sulfonamides is 1. The first-order chi connectivity index (χ1) is 14.8. The Morgan fingerprint density at radius 2 is 1.48 bits per heavy atom. The van der Waals surface area contributed by atoms with Crippen LogP contribution in [0, 0.1) is 0 Å². The van der Waals surface area contributed by atoms with Crippen molar-refractivity contribution in [2.24, 2.45) is 0 Å². The number of rotatable bonds is 11. The highest BCUT2D eigenvalue weighted by Gasteiger charge is 2.28. The van der Waals surface area contributed by atoms with Crippen LogP contribution in [0.5, 0.6) is 23.0 Å². The molecule has 0 fully saturated rings. The number of methoxy groups -OCH3 is 4. The molecule has 0 aromatic heterocycles. The Hall–Kier alpha value is -2.98. The zero-order valence-electron chi connectivity index (χ0n) is 18.2. The summed E-state index contributed by atoms with van der Waals surface area (Å²) in [5.41, 5.74) is 0.538. The van der Waals surface area contributed by atoms with Crippen molar-refractivity contribution in [2.45, 2.75) is 18.4 Å². The quantitative estimate of drug-likeness (QED) is 0.479. The molecule has 0 saturated carbocycles. The van der Waals surface area contributed by atoms with Crippen molar-refractivity contribution < 1.29 is 36.9 Å². The molecule has 0 spiro atoms. The van der Waals surface area contributed by atoms with E-state index in [1.54, 1.807) is 19.1 Å². The maximum Gasteiger partial charge on any atom is 0.321 e. The van der Waals surface area contributed by atoms with Crippen molar-refractivity contribution in [3.8, 4) is 23.0 Å². The Kier molecular flexibility index (Phi) is 8.52. The largest absolute Gasteiger partial charge is 0.497 e. The van der Waals surface area contributed by atoms with E-state index in [-0.39, 0.29) is 18.0 Å². The number of nitrogens with zero attached hydrogens (tertiary/aromatic N) is 1. The van der Waals surface area contributed by atoms with Crippen LogP contribution in [0.1, 0.15) is 12.5 Å². The van der Waals surface area contributed by atoms with Gasteiger partial charge in [0.05, 0.1) is 39.9 Å². The monoisotopic (exact) mass is 453 g/mol. The van der Waals surface area contributed by atoms with E-state index in [0.29, 0.717) is 28.6 Å². The van der Waals surface area contributed by atoms with Crippen molar-refractivity contribution in [1.82, 2.24) is 4.31 Å². The van der Waals surface area contributed by atoms with Crippen LogP contribution < -0.4 is 18.9 Å². The lowest BCUT2D eigenvalue weighted by Crippen LogP contribution is -2.36. The number of hydrogen-bond donors (Lipinski definition) is 0. The molecule has 0 N–H and O–H groups in total. The first-order valence-corrected chi connectivity index (χ1v) is 10.8. The van der Waals surface area contributed by atoms with E-state index < -0.39 is 22.5 Å². The predicted molar refractivity (Wildman–Crippen MR) is 113 cm³/mol. The molecule has 2 aromatic carbocycles. The second-order valence-electron chi connectivity index (χ2n) is 6.29. The number of benzene rings is 2. The van der Waals surface area contributed by atoms with E-state index >= 15 is 0 Å². The zero-order chi connectivity index (χ0) is 23.0. The lowest BCUT2D eigenvalue weighted by Gasteiger charge is -2.22. The third-order valence-corrected chi connectivity index (χ3v) is 6.20. The van der Waals surface area contributed by atoms with Gasteiger partial charge < -0.3 is 23.7 Å². The van der Waals surface area contributed by atoms with E-state index in [1.807, 2.05) is 0 Å². The van der Waals surface area contributed by atoms with Crippen LogP contribution in [0.3, 0.4) is 0 Å².